The molecular weight excluding hydrogens is 413 g/mol. The summed E-state index contributed by atoms with van der Waals surface area (Å²) in [6, 6.07) is 3.37. The number of hydrogen-bond acceptors (Lipinski definition) is 6. The summed E-state index contributed by atoms with van der Waals surface area (Å²) in [5.74, 6) is -0.794. The third kappa shape index (κ3) is 8.05. The summed E-state index contributed by atoms with van der Waals surface area (Å²) in [6.45, 7) is 5.95. The van der Waals surface area contributed by atoms with E-state index in [0.29, 0.717) is 6.54 Å². The molecule has 2 N–H and O–H groups in total. The van der Waals surface area contributed by atoms with E-state index in [1.807, 2.05) is 20.8 Å². The van der Waals surface area contributed by atoms with Gasteiger partial charge in [0.05, 0.1) is 24.8 Å². The van der Waals surface area contributed by atoms with Gasteiger partial charge in [0.15, 0.2) is 0 Å². The van der Waals surface area contributed by atoms with Crippen LogP contribution in [0.1, 0.15) is 62.4 Å². The van der Waals surface area contributed by atoms with Crippen molar-refractivity contribution >= 4 is 17.6 Å². The number of alkyl halides is 3. The molecule has 0 unspecified atom stereocenters. The van der Waals surface area contributed by atoms with E-state index >= 15 is 0 Å². The summed E-state index contributed by atoms with van der Waals surface area (Å²) in [5, 5.41) is 6.08. The largest absolute Gasteiger partial charge is 0.465 e. The second kappa shape index (κ2) is 10.3. The number of carbonyl (C=O) groups excluding carboxylic acids is 2. The standard InChI is InChI=1S/C22H31F3N2O4/c1-21(2,3)31-19(28)13-26-16-8-5-14(6-9-16)12-27-18-11-15(20(29)30-4)7-10-17(18)22(23,24)25/h7,10-11,14,16,26-27H,5-6,8-9,12-13H2,1-4H3. The van der Waals surface area contributed by atoms with E-state index in [1.54, 1.807) is 0 Å². The highest BCUT2D eigenvalue weighted by Gasteiger charge is 2.34. The SMILES string of the molecule is COC(=O)c1ccc(C(F)(F)F)c(NCC2CCC(NCC(=O)OC(C)(C)C)CC2)c1. The molecule has 0 atom stereocenters. The Morgan fingerprint density at radius 1 is 1.10 bits per heavy atom. The minimum atomic E-state index is -4.53. The number of methoxy groups -OCH3 is 1. The second-order valence-electron chi connectivity index (χ2n) is 8.82. The molecule has 0 heterocycles. The fourth-order valence-electron chi connectivity index (χ4n) is 3.61. The molecule has 0 aromatic heterocycles. The van der Waals surface area contributed by atoms with Crippen LogP contribution in [0.3, 0.4) is 0 Å². The minimum absolute atomic E-state index is 0.0630. The molecule has 0 aliphatic heterocycles. The van der Waals surface area contributed by atoms with Crippen LogP contribution in [-0.2, 0) is 20.4 Å². The van der Waals surface area contributed by atoms with Gasteiger partial charge in [0.25, 0.3) is 0 Å². The molecule has 9 heteroatoms. The quantitative estimate of drug-likeness (QED) is 0.608. The number of halogens is 3. The van der Waals surface area contributed by atoms with Crippen molar-refractivity contribution in [3.63, 3.8) is 0 Å². The Morgan fingerprint density at radius 3 is 2.29 bits per heavy atom. The molecule has 0 radical (unpaired) electrons. The Kier molecular flexibility index (Phi) is 8.34. The minimum Gasteiger partial charge on any atom is -0.465 e. The molecule has 1 aromatic carbocycles. The Bertz CT molecular complexity index is 767. The maximum absolute atomic E-state index is 13.3. The molecule has 1 aliphatic rings. The van der Waals surface area contributed by atoms with E-state index < -0.39 is 23.3 Å². The molecule has 0 amide bonds. The lowest BCUT2D eigenvalue weighted by Gasteiger charge is -2.30. The van der Waals surface area contributed by atoms with Gasteiger partial charge >= 0.3 is 18.1 Å². The van der Waals surface area contributed by atoms with Crippen molar-refractivity contribution in [3.05, 3.63) is 29.3 Å². The van der Waals surface area contributed by atoms with Crippen LogP contribution in [-0.4, -0.2) is 43.8 Å². The summed E-state index contributed by atoms with van der Waals surface area (Å²) in [6.07, 6.45) is -1.25. The molecule has 1 aliphatic carbocycles. The molecule has 6 nitrogen and oxygen atoms in total. The molecule has 1 saturated carbocycles. The van der Waals surface area contributed by atoms with Crippen molar-refractivity contribution in [2.45, 2.75) is 64.3 Å². The zero-order valence-electron chi connectivity index (χ0n) is 18.4. The lowest BCUT2D eigenvalue weighted by atomic mass is 9.86. The maximum atomic E-state index is 13.3. The first-order valence-electron chi connectivity index (χ1n) is 10.4. The first-order chi connectivity index (χ1) is 14.4. The van der Waals surface area contributed by atoms with Gasteiger partial charge < -0.3 is 20.1 Å². The first-order valence-corrected chi connectivity index (χ1v) is 10.4. The van der Waals surface area contributed by atoms with Crippen LogP contribution < -0.4 is 10.6 Å². The number of nitrogens with one attached hydrogen (secondary N) is 2. The molecule has 2 rings (SSSR count). The summed E-state index contributed by atoms with van der Waals surface area (Å²) in [7, 11) is 1.18. The van der Waals surface area contributed by atoms with Crippen LogP contribution >= 0.6 is 0 Å². The van der Waals surface area contributed by atoms with Crippen molar-refractivity contribution in [1.29, 1.82) is 0 Å². The van der Waals surface area contributed by atoms with Crippen LogP contribution in [0.2, 0.25) is 0 Å². The fraction of sp³-hybridized carbons (Fsp3) is 0.636. The van der Waals surface area contributed by atoms with Gasteiger partial charge in [0, 0.05) is 18.3 Å². The monoisotopic (exact) mass is 444 g/mol. The van der Waals surface area contributed by atoms with Gasteiger partial charge in [-0.2, -0.15) is 13.2 Å². The predicted molar refractivity (Wildman–Crippen MR) is 111 cm³/mol. The normalized spacial score (nSPS) is 19.6. The molecule has 31 heavy (non-hydrogen) atoms. The number of hydrogen-bond donors (Lipinski definition) is 2. The van der Waals surface area contributed by atoms with Crippen molar-refractivity contribution in [2.75, 3.05) is 25.5 Å². The van der Waals surface area contributed by atoms with E-state index in [9.17, 15) is 22.8 Å². The van der Waals surface area contributed by atoms with E-state index in [-0.39, 0.29) is 35.7 Å². The zero-order valence-corrected chi connectivity index (χ0v) is 18.4. The number of ether oxygens (including phenoxy) is 2. The molecule has 0 bridgehead atoms. The van der Waals surface area contributed by atoms with Gasteiger partial charge in [-0.25, -0.2) is 4.79 Å². The Balaban J connectivity index is 1.88. The summed E-state index contributed by atoms with van der Waals surface area (Å²) < 4.78 is 49.9. The Morgan fingerprint density at radius 2 is 1.74 bits per heavy atom. The number of rotatable bonds is 7. The number of benzene rings is 1. The van der Waals surface area contributed by atoms with E-state index in [0.717, 1.165) is 37.8 Å². The summed E-state index contributed by atoms with van der Waals surface area (Å²) >= 11 is 0. The van der Waals surface area contributed by atoms with Crippen LogP contribution in [0.25, 0.3) is 0 Å². The molecular formula is C22H31F3N2O4. The van der Waals surface area contributed by atoms with E-state index in [2.05, 4.69) is 15.4 Å². The van der Waals surface area contributed by atoms with Crippen LogP contribution in [0.15, 0.2) is 18.2 Å². The highest BCUT2D eigenvalue weighted by molar-refractivity contribution is 5.90. The number of carbonyl (C=O) groups is 2. The summed E-state index contributed by atoms with van der Waals surface area (Å²) in [5.41, 5.74) is -1.40. The van der Waals surface area contributed by atoms with Crippen molar-refractivity contribution < 1.29 is 32.2 Å². The smallest absolute Gasteiger partial charge is 0.418 e. The van der Waals surface area contributed by atoms with Gasteiger partial charge in [0.2, 0.25) is 0 Å². The second-order valence-corrected chi connectivity index (χ2v) is 8.82. The molecule has 0 saturated heterocycles. The third-order valence-electron chi connectivity index (χ3n) is 5.13. The topological polar surface area (TPSA) is 76.7 Å². The molecule has 174 valence electrons. The Hall–Kier alpha value is -2.29. The lowest BCUT2D eigenvalue weighted by Crippen LogP contribution is -2.39. The van der Waals surface area contributed by atoms with Gasteiger partial charge in [0.1, 0.15) is 5.60 Å². The average molecular weight is 444 g/mol. The predicted octanol–water partition coefficient (Wildman–Crippen LogP) is 4.39. The number of esters is 2. The van der Waals surface area contributed by atoms with Gasteiger partial charge in [-0.05, 0) is 70.6 Å². The highest BCUT2D eigenvalue weighted by Crippen LogP contribution is 2.36. The lowest BCUT2D eigenvalue weighted by molar-refractivity contribution is -0.153. The van der Waals surface area contributed by atoms with E-state index in [4.69, 9.17) is 4.74 Å². The average Bonchev–Trinajstić information content (AvgIpc) is 2.68. The highest BCUT2D eigenvalue weighted by atomic mass is 19.4. The molecule has 1 fully saturated rings. The molecule has 0 spiro atoms. The molecule has 1 aromatic rings. The van der Waals surface area contributed by atoms with E-state index in [1.165, 1.54) is 13.2 Å². The van der Waals surface area contributed by atoms with Crippen LogP contribution in [0, 0.1) is 5.92 Å². The fourth-order valence-corrected chi connectivity index (χ4v) is 3.61. The third-order valence-corrected chi connectivity index (χ3v) is 5.13. The summed E-state index contributed by atoms with van der Waals surface area (Å²) in [4.78, 5) is 23.5. The number of anilines is 1. The first kappa shape index (κ1) is 25.0. The Labute approximate surface area is 180 Å². The van der Waals surface area contributed by atoms with Crippen LogP contribution in [0.4, 0.5) is 18.9 Å². The van der Waals surface area contributed by atoms with Crippen molar-refractivity contribution in [1.82, 2.24) is 5.32 Å². The van der Waals surface area contributed by atoms with Crippen molar-refractivity contribution in [2.24, 2.45) is 5.92 Å². The maximum Gasteiger partial charge on any atom is 0.418 e. The van der Waals surface area contributed by atoms with Gasteiger partial charge in [-0.1, -0.05) is 0 Å². The van der Waals surface area contributed by atoms with Crippen LogP contribution in [0.5, 0.6) is 0 Å². The zero-order chi connectivity index (χ0) is 23.2. The van der Waals surface area contributed by atoms with Gasteiger partial charge in [-0.3, -0.25) is 4.79 Å². The van der Waals surface area contributed by atoms with Crippen molar-refractivity contribution in [3.8, 4) is 0 Å². The van der Waals surface area contributed by atoms with Gasteiger partial charge in [-0.15, -0.1) is 0 Å².